The molecule has 8 heteroatoms. The summed E-state index contributed by atoms with van der Waals surface area (Å²) in [7, 11) is 0. The maximum absolute atomic E-state index is 12.7. The van der Waals surface area contributed by atoms with Crippen LogP contribution in [0, 0.1) is 10.1 Å². The quantitative estimate of drug-likeness (QED) is 0.458. The van der Waals surface area contributed by atoms with E-state index in [2.05, 4.69) is 15.3 Å². The average Bonchev–Trinajstić information content (AvgIpc) is 2.72. The van der Waals surface area contributed by atoms with E-state index in [1.807, 2.05) is 12.1 Å². The lowest BCUT2D eigenvalue weighted by Crippen LogP contribution is -2.54. The third-order valence-electron chi connectivity index (χ3n) is 4.53. The molecule has 0 aliphatic heterocycles. The molecule has 1 atom stereocenters. The normalized spacial score (nSPS) is 12.9. The number of carbonyl (C=O) groups is 1. The van der Waals surface area contributed by atoms with Crippen molar-refractivity contribution in [2.75, 3.05) is 0 Å². The summed E-state index contributed by atoms with van der Waals surface area (Å²) in [6.45, 7) is 0.333. The van der Waals surface area contributed by atoms with Crippen LogP contribution < -0.4 is 11.1 Å². The van der Waals surface area contributed by atoms with Crippen LogP contribution in [0.1, 0.15) is 16.7 Å². The molecule has 28 heavy (non-hydrogen) atoms. The van der Waals surface area contributed by atoms with Crippen molar-refractivity contribution in [1.82, 2.24) is 15.3 Å². The number of aromatic nitrogens is 2. The molecule has 0 bridgehead atoms. The van der Waals surface area contributed by atoms with Crippen molar-refractivity contribution in [3.05, 3.63) is 100 Å². The number of benzene rings is 1. The second kappa shape index (κ2) is 8.36. The molecule has 0 fully saturated rings. The molecule has 0 aliphatic carbocycles. The Balaban J connectivity index is 2.05. The molecule has 0 spiro atoms. The van der Waals surface area contributed by atoms with E-state index in [1.165, 1.54) is 12.1 Å². The predicted molar refractivity (Wildman–Crippen MR) is 103 cm³/mol. The van der Waals surface area contributed by atoms with Crippen LogP contribution in [0.4, 0.5) is 5.69 Å². The van der Waals surface area contributed by atoms with Crippen LogP contribution >= 0.6 is 0 Å². The van der Waals surface area contributed by atoms with Gasteiger partial charge in [-0.25, -0.2) is 0 Å². The molecule has 142 valence electrons. The topological polar surface area (TPSA) is 124 Å². The zero-order valence-corrected chi connectivity index (χ0v) is 15.0. The van der Waals surface area contributed by atoms with Gasteiger partial charge in [0.1, 0.15) is 5.54 Å². The van der Waals surface area contributed by atoms with Crippen LogP contribution in [0.15, 0.2) is 73.3 Å². The first-order valence-corrected chi connectivity index (χ1v) is 8.59. The molecule has 0 saturated carbocycles. The van der Waals surface area contributed by atoms with Crippen molar-refractivity contribution in [3.8, 4) is 0 Å². The van der Waals surface area contributed by atoms with E-state index in [9.17, 15) is 14.9 Å². The van der Waals surface area contributed by atoms with Gasteiger partial charge in [0.2, 0.25) is 5.91 Å². The van der Waals surface area contributed by atoms with Gasteiger partial charge in [-0.1, -0.05) is 12.1 Å². The van der Waals surface area contributed by atoms with E-state index < -0.39 is 16.4 Å². The monoisotopic (exact) mass is 377 g/mol. The van der Waals surface area contributed by atoms with Crippen LogP contribution in [-0.4, -0.2) is 20.8 Å². The van der Waals surface area contributed by atoms with Crippen molar-refractivity contribution < 1.29 is 9.72 Å². The van der Waals surface area contributed by atoms with Crippen LogP contribution in [0.3, 0.4) is 0 Å². The molecule has 1 unspecified atom stereocenters. The van der Waals surface area contributed by atoms with Crippen molar-refractivity contribution in [3.63, 3.8) is 0 Å². The fourth-order valence-electron chi connectivity index (χ4n) is 3.03. The molecule has 3 N–H and O–H groups in total. The molecule has 0 saturated heterocycles. The molecule has 2 aromatic heterocycles. The van der Waals surface area contributed by atoms with Gasteiger partial charge in [0.15, 0.2) is 0 Å². The van der Waals surface area contributed by atoms with Crippen molar-refractivity contribution in [2.45, 2.75) is 18.5 Å². The molecular weight excluding hydrogens is 358 g/mol. The number of carbonyl (C=O) groups excluding carboxylic acids is 1. The van der Waals surface area contributed by atoms with Gasteiger partial charge < -0.3 is 5.73 Å². The van der Waals surface area contributed by atoms with Crippen molar-refractivity contribution in [1.29, 1.82) is 0 Å². The van der Waals surface area contributed by atoms with E-state index in [1.54, 1.807) is 49.1 Å². The van der Waals surface area contributed by atoms with Gasteiger partial charge in [-0.2, -0.15) is 0 Å². The number of nitrogens with two attached hydrogens (primary N) is 1. The minimum absolute atomic E-state index is 0.108. The van der Waals surface area contributed by atoms with Crippen molar-refractivity contribution in [2.24, 2.45) is 5.73 Å². The summed E-state index contributed by atoms with van der Waals surface area (Å²) < 4.78 is 0. The molecule has 8 nitrogen and oxygen atoms in total. The third kappa shape index (κ3) is 4.18. The predicted octanol–water partition coefficient (Wildman–Crippen LogP) is 2.10. The van der Waals surface area contributed by atoms with Crippen molar-refractivity contribution >= 4 is 11.6 Å². The Bertz CT molecular complexity index is 966. The minimum atomic E-state index is -1.34. The largest absolute Gasteiger partial charge is 0.368 e. The Morgan fingerprint density at radius 1 is 1.04 bits per heavy atom. The molecule has 0 aliphatic rings. The number of rotatable bonds is 8. The summed E-state index contributed by atoms with van der Waals surface area (Å²) in [5.41, 5.74) is 6.55. The first-order chi connectivity index (χ1) is 13.5. The summed E-state index contributed by atoms with van der Waals surface area (Å²) in [6, 6.07) is 13.2. The highest BCUT2D eigenvalue weighted by Crippen LogP contribution is 2.29. The Morgan fingerprint density at radius 2 is 1.64 bits per heavy atom. The first kappa shape index (κ1) is 19.1. The zero-order valence-electron chi connectivity index (χ0n) is 15.0. The Labute approximate surface area is 161 Å². The number of hydrogen-bond acceptors (Lipinski definition) is 6. The molecule has 1 amide bonds. The zero-order chi connectivity index (χ0) is 20.0. The van der Waals surface area contributed by atoms with Gasteiger partial charge >= 0.3 is 0 Å². The number of nitrogens with one attached hydrogen (secondary N) is 1. The highest BCUT2D eigenvalue weighted by molar-refractivity contribution is 5.87. The van der Waals surface area contributed by atoms with Gasteiger partial charge in [-0.15, -0.1) is 0 Å². The average molecular weight is 377 g/mol. The molecule has 2 heterocycles. The van der Waals surface area contributed by atoms with E-state index in [0.29, 0.717) is 12.1 Å². The van der Waals surface area contributed by atoms with Crippen LogP contribution in [-0.2, 0) is 23.3 Å². The van der Waals surface area contributed by atoms with E-state index in [4.69, 9.17) is 5.73 Å². The maximum Gasteiger partial charge on any atom is 0.269 e. The van der Waals surface area contributed by atoms with Crippen LogP contribution in [0.25, 0.3) is 0 Å². The fourth-order valence-corrected chi connectivity index (χ4v) is 3.03. The Hall–Kier alpha value is -3.65. The summed E-state index contributed by atoms with van der Waals surface area (Å²) in [6.07, 6.45) is 6.77. The van der Waals surface area contributed by atoms with Crippen LogP contribution in [0.5, 0.6) is 0 Å². The SMILES string of the molecule is NC(=O)C(Cc1ccncc1)(NCc1ccncc1)c1cccc([N+](=O)[O-])c1. The molecule has 3 rings (SSSR count). The highest BCUT2D eigenvalue weighted by atomic mass is 16.6. The number of amides is 1. The number of hydrogen-bond donors (Lipinski definition) is 2. The van der Waals surface area contributed by atoms with Gasteiger partial charge in [0.25, 0.3) is 5.69 Å². The summed E-state index contributed by atoms with van der Waals surface area (Å²) in [4.78, 5) is 31.4. The summed E-state index contributed by atoms with van der Waals surface area (Å²) in [5, 5.41) is 14.5. The van der Waals surface area contributed by atoms with E-state index >= 15 is 0 Å². The Kier molecular flexibility index (Phi) is 5.71. The highest BCUT2D eigenvalue weighted by Gasteiger charge is 2.39. The maximum atomic E-state index is 12.7. The number of primary amides is 1. The lowest BCUT2D eigenvalue weighted by Gasteiger charge is -2.32. The summed E-state index contributed by atoms with van der Waals surface area (Å²) >= 11 is 0. The third-order valence-corrected chi connectivity index (χ3v) is 4.53. The second-order valence-electron chi connectivity index (χ2n) is 6.32. The van der Waals surface area contributed by atoms with Gasteiger partial charge in [0.05, 0.1) is 4.92 Å². The van der Waals surface area contributed by atoms with Gasteiger partial charge in [-0.3, -0.25) is 30.2 Å². The molecular formula is C20H19N5O3. The molecule has 0 radical (unpaired) electrons. The number of non-ortho nitro benzene ring substituents is 1. The first-order valence-electron chi connectivity index (χ1n) is 8.59. The number of pyridine rings is 2. The van der Waals surface area contributed by atoms with Gasteiger partial charge in [-0.05, 0) is 41.0 Å². The van der Waals surface area contributed by atoms with E-state index in [-0.39, 0.29) is 12.1 Å². The lowest BCUT2D eigenvalue weighted by atomic mass is 9.82. The van der Waals surface area contributed by atoms with Gasteiger partial charge in [0, 0.05) is 49.9 Å². The van der Waals surface area contributed by atoms with Crippen LogP contribution in [0.2, 0.25) is 0 Å². The number of nitro benzene ring substituents is 1. The molecule has 3 aromatic rings. The second-order valence-corrected chi connectivity index (χ2v) is 6.32. The summed E-state index contributed by atoms with van der Waals surface area (Å²) in [5.74, 6) is -0.626. The number of nitrogens with zero attached hydrogens (tertiary/aromatic N) is 3. The lowest BCUT2D eigenvalue weighted by molar-refractivity contribution is -0.385. The minimum Gasteiger partial charge on any atom is -0.368 e. The number of nitro groups is 1. The Morgan fingerprint density at radius 3 is 2.21 bits per heavy atom. The standard InChI is InChI=1S/C20H19N5O3/c21-19(26)20(13-15-4-8-22-9-5-15,24-14-16-6-10-23-11-7-16)17-2-1-3-18(12-17)25(27)28/h1-12,24H,13-14H2,(H2,21,26). The van der Waals surface area contributed by atoms with E-state index in [0.717, 1.165) is 11.1 Å². The molecule has 1 aromatic carbocycles. The smallest absolute Gasteiger partial charge is 0.269 e. The fraction of sp³-hybridized carbons (Fsp3) is 0.150.